The van der Waals surface area contributed by atoms with Crippen LogP contribution in [0.1, 0.15) is 5.56 Å². The van der Waals surface area contributed by atoms with Crippen molar-refractivity contribution in [3.8, 4) is 0 Å². The van der Waals surface area contributed by atoms with E-state index in [9.17, 15) is 18.4 Å². The van der Waals surface area contributed by atoms with E-state index in [-0.39, 0.29) is 17.0 Å². The number of hydrogen-bond acceptors (Lipinski definition) is 3. The monoisotopic (exact) mass is 370 g/mol. The molecule has 1 aliphatic heterocycles. The molecule has 130 valence electrons. The maximum atomic E-state index is 13.9. The van der Waals surface area contributed by atoms with Crippen LogP contribution in [0.5, 0.6) is 0 Å². The molecule has 7 heteroatoms. The molecule has 0 aliphatic carbocycles. The molecule has 26 heavy (non-hydrogen) atoms. The molecule has 0 N–H and O–H groups in total. The van der Waals surface area contributed by atoms with E-state index < -0.39 is 22.8 Å². The van der Waals surface area contributed by atoms with Gasteiger partial charge in [-0.15, -0.1) is 0 Å². The summed E-state index contributed by atoms with van der Waals surface area (Å²) in [6, 6.07) is 10.6. The summed E-state index contributed by atoms with van der Waals surface area (Å²) in [5, 5.41) is 0.224. The quantitative estimate of drug-likeness (QED) is 0.629. The minimum absolute atomic E-state index is 0.00515. The first-order chi connectivity index (χ1) is 12.5. The highest BCUT2D eigenvalue weighted by molar-refractivity contribution is 8.18. The Labute approximate surface area is 151 Å². The summed E-state index contributed by atoms with van der Waals surface area (Å²) in [7, 11) is 0. The standard InChI is InChI=1S/C19H12F2N2O2S/c1-11-18(24)23(19(25)26-11)17-7-3-6-16-12(17)8-9-22(16)10-13-14(20)4-2-5-15(13)21/h2-9H,1,10H2. The lowest BCUT2D eigenvalue weighted by Gasteiger charge is -2.14. The molecule has 1 aliphatic rings. The number of aromatic nitrogens is 1. The largest absolute Gasteiger partial charge is 0.343 e. The Kier molecular flexibility index (Phi) is 3.88. The van der Waals surface area contributed by atoms with Crippen LogP contribution in [-0.2, 0) is 11.3 Å². The zero-order valence-electron chi connectivity index (χ0n) is 13.4. The highest BCUT2D eigenvalue weighted by Gasteiger charge is 2.36. The van der Waals surface area contributed by atoms with Crippen molar-refractivity contribution in [3.05, 3.63) is 77.3 Å². The van der Waals surface area contributed by atoms with E-state index in [2.05, 4.69) is 6.58 Å². The van der Waals surface area contributed by atoms with Gasteiger partial charge in [0.1, 0.15) is 11.6 Å². The highest BCUT2D eigenvalue weighted by Crippen LogP contribution is 2.37. The summed E-state index contributed by atoms with van der Waals surface area (Å²) in [6.45, 7) is 3.58. The van der Waals surface area contributed by atoms with Crippen molar-refractivity contribution in [2.75, 3.05) is 4.90 Å². The number of carbonyl (C=O) groups is 2. The molecule has 3 aromatic rings. The number of rotatable bonds is 3. The zero-order valence-corrected chi connectivity index (χ0v) is 14.2. The Morgan fingerprint density at radius 3 is 2.35 bits per heavy atom. The van der Waals surface area contributed by atoms with Crippen molar-refractivity contribution in [1.29, 1.82) is 0 Å². The summed E-state index contributed by atoms with van der Waals surface area (Å²) < 4.78 is 29.6. The van der Waals surface area contributed by atoms with E-state index in [0.29, 0.717) is 16.6 Å². The Balaban J connectivity index is 1.80. The number of anilines is 1. The van der Waals surface area contributed by atoms with Crippen molar-refractivity contribution < 1.29 is 18.4 Å². The Hall–Kier alpha value is -2.93. The summed E-state index contributed by atoms with van der Waals surface area (Å²) in [5.74, 6) is -1.71. The van der Waals surface area contributed by atoms with Gasteiger partial charge in [0.2, 0.25) is 0 Å². The number of nitrogens with zero attached hydrogens (tertiary/aromatic N) is 2. The van der Waals surface area contributed by atoms with E-state index in [4.69, 9.17) is 0 Å². The third kappa shape index (κ3) is 2.52. The fourth-order valence-corrected chi connectivity index (χ4v) is 3.67. The molecule has 2 amide bonds. The maximum Gasteiger partial charge on any atom is 0.298 e. The topological polar surface area (TPSA) is 42.3 Å². The van der Waals surface area contributed by atoms with Gasteiger partial charge in [-0.2, -0.15) is 0 Å². The predicted octanol–water partition coefficient (Wildman–Crippen LogP) is 4.68. The molecule has 2 heterocycles. The molecular weight excluding hydrogens is 358 g/mol. The first-order valence-electron chi connectivity index (χ1n) is 7.73. The minimum Gasteiger partial charge on any atom is -0.343 e. The molecule has 1 fully saturated rings. The van der Waals surface area contributed by atoms with Gasteiger partial charge in [-0.05, 0) is 42.1 Å². The van der Waals surface area contributed by atoms with Crippen LogP contribution in [0.25, 0.3) is 10.9 Å². The smallest absolute Gasteiger partial charge is 0.298 e. The van der Waals surface area contributed by atoms with Crippen molar-refractivity contribution in [3.63, 3.8) is 0 Å². The predicted molar refractivity (Wildman–Crippen MR) is 97.0 cm³/mol. The van der Waals surface area contributed by atoms with Gasteiger partial charge >= 0.3 is 0 Å². The third-order valence-electron chi connectivity index (χ3n) is 4.26. The molecular formula is C19H12F2N2O2S. The average Bonchev–Trinajstić information content (AvgIpc) is 3.12. The molecule has 2 aromatic carbocycles. The van der Waals surface area contributed by atoms with Gasteiger partial charge in [-0.25, -0.2) is 13.7 Å². The van der Waals surface area contributed by atoms with Gasteiger partial charge < -0.3 is 4.57 Å². The molecule has 0 unspecified atom stereocenters. The normalized spacial score (nSPS) is 14.7. The molecule has 0 saturated carbocycles. The molecule has 1 saturated heterocycles. The first-order valence-corrected chi connectivity index (χ1v) is 8.55. The van der Waals surface area contributed by atoms with Gasteiger partial charge in [-0.1, -0.05) is 18.7 Å². The van der Waals surface area contributed by atoms with Gasteiger partial charge in [0.25, 0.3) is 11.1 Å². The van der Waals surface area contributed by atoms with E-state index in [0.717, 1.165) is 16.7 Å². The lowest BCUT2D eigenvalue weighted by molar-refractivity contribution is -0.113. The van der Waals surface area contributed by atoms with Crippen LogP contribution in [-0.4, -0.2) is 15.7 Å². The van der Waals surface area contributed by atoms with Crippen LogP contribution in [0.2, 0.25) is 0 Å². The van der Waals surface area contributed by atoms with Crippen molar-refractivity contribution >= 4 is 39.5 Å². The third-order valence-corrected chi connectivity index (χ3v) is 5.03. The number of carbonyl (C=O) groups excluding carboxylic acids is 2. The van der Waals surface area contributed by atoms with Gasteiger partial charge in [0, 0.05) is 17.1 Å². The Morgan fingerprint density at radius 2 is 1.69 bits per heavy atom. The summed E-state index contributed by atoms with van der Waals surface area (Å²) in [6.07, 6.45) is 1.67. The highest BCUT2D eigenvalue weighted by atomic mass is 32.2. The fraction of sp³-hybridized carbons (Fsp3) is 0.0526. The summed E-state index contributed by atoms with van der Waals surface area (Å²) in [5.41, 5.74) is 1.04. The van der Waals surface area contributed by atoms with Crippen LogP contribution in [0.15, 0.2) is 60.1 Å². The molecule has 0 radical (unpaired) electrons. The molecule has 0 spiro atoms. The van der Waals surface area contributed by atoms with E-state index in [1.54, 1.807) is 35.0 Å². The minimum atomic E-state index is -0.624. The van der Waals surface area contributed by atoms with E-state index in [1.807, 2.05) is 0 Å². The van der Waals surface area contributed by atoms with Crippen LogP contribution in [0.4, 0.5) is 19.3 Å². The molecule has 0 bridgehead atoms. The lowest BCUT2D eigenvalue weighted by atomic mass is 10.1. The zero-order chi connectivity index (χ0) is 18.4. The average molecular weight is 370 g/mol. The Bertz CT molecular complexity index is 1070. The second-order valence-corrected chi connectivity index (χ2v) is 6.83. The number of imide groups is 1. The number of benzene rings is 2. The van der Waals surface area contributed by atoms with Crippen LogP contribution in [0, 0.1) is 11.6 Å². The second kappa shape index (κ2) is 6.10. The van der Waals surface area contributed by atoms with E-state index in [1.165, 1.54) is 18.2 Å². The lowest BCUT2D eigenvalue weighted by Crippen LogP contribution is -2.27. The number of fused-ring (bicyclic) bond motifs is 1. The van der Waals surface area contributed by atoms with Crippen molar-refractivity contribution in [2.24, 2.45) is 0 Å². The van der Waals surface area contributed by atoms with Crippen LogP contribution < -0.4 is 4.90 Å². The van der Waals surface area contributed by atoms with Crippen LogP contribution in [0.3, 0.4) is 0 Å². The number of hydrogen-bond donors (Lipinski definition) is 0. The summed E-state index contributed by atoms with van der Waals surface area (Å²) >= 11 is 0.790. The van der Waals surface area contributed by atoms with Crippen LogP contribution >= 0.6 is 11.8 Å². The molecule has 1 aromatic heterocycles. The molecule has 0 atom stereocenters. The SMILES string of the molecule is C=C1SC(=O)N(c2cccc3c2ccn3Cc2c(F)cccc2F)C1=O. The van der Waals surface area contributed by atoms with Crippen molar-refractivity contribution in [2.45, 2.75) is 6.54 Å². The Morgan fingerprint density at radius 1 is 1.00 bits per heavy atom. The van der Waals surface area contributed by atoms with E-state index >= 15 is 0 Å². The molecule has 4 rings (SSSR count). The maximum absolute atomic E-state index is 13.9. The number of thioether (sulfide) groups is 1. The summed E-state index contributed by atoms with van der Waals surface area (Å²) in [4.78, 5) is 25.6. The first kappa shape index (κ1) is 16.5. The van der Waals surface area contributed by atoms with Gasteiger partial charge in [0.15, 0.2) is 0 Å². The van der Waals surface area contributed by atoms with Crippen molar-refractivity contribution in [1.82, 2.24) is 4.57 Å². The molecule has 4 nitrogen and oxygen atoms in total. The van der Waals surface area contributed by atoms with Gasteiger partial charge in [-0.3, -0.25) is 9.59 Å². The number of amides is 2. The fourth-order valence-electron chi connectivity index (χ4n) is 3.00. The second-order valence-electron chi connectivity index (χ2n) is 5.79. The number of halogens is 2. The van der Waals surface area contributed by atoms with Gasteiger partial charge in [0.05, 0.1) is 22.7 Å².